The van der Waals surface area contributed by atoms with Crippen LogP contribution in [-0.2, 0) is 0 Å². The van der Waals surface area contributed by atoms with Crippen LogP contribution >= 0.6 is 0 Å². The summed E-state index contributed by atoms with van der Waals surface area (Å²) in [5, 5.41) is 14.1. The normalized spacial score (nSPS) is 14.9. The Morgan fingerprint density at radius 2 is 1.24 bits per heavy atom. The lowest BCUT2D eigenvalue weighted by atomic mass is 9.84. The van der Waals surface area contributed by atoms with E-state index in [1.807, 2.05) is 13.8 Å². The Bertz CT molecular complexity index is 622. The number of benzene rings is 2. The monoisotopic (exact) mass is 281 g/mol. The molecular formula is C19H23NO. The molecule has 0 aromatic heterocycles. The lowest BCUT2D eigenvalue weighted by molar-refractivity contribution is -0.00790. The van der Waals surface area contributed by atoms with Gasteiger partial charge in [-0.05, 0) is 49.9 Å². The van der Waals surface area contributed by atoms with Crippen LogP contribution in [0.15, 0.2) is 48.5 Å². The van der Waals surface area contributed by atoms with E-state index in [1.54, 1.807) is 0 Å². The van der Waals surface area contributed by atoms with Crippen LogP contribution in [0.3, 0.4) is 0 Å². The van der Waals surface area contributed by atoms with Gasteiger partial charge in [-0.2, -0.15) is 0 Å². The third-order valence-corrected chi connectivity index (χ3v) is 4.87. The number of hydrogen-bond acceptors (Lipinski definition) is 2. The van der Waals surface area contributed by atoms with Crippen molar-refractivity contribution >= 4 is 0 Å². The maximum atomic E-state index is 10.4. The van der Waals surface area contributed by atoms with E-state index >= 15 is 0 Å². The van der Waals surface area contributed by atoms with Crippen molar-refractivity contribution in [2.24, 2.45) is 0 Å². The van der Waals surface area contributed by atoms with Crippen LogP contribution in [0.4, 0.5) is 0 Å². The molecule has 0 saturated carbocycles. The highest BCUT2D eigenvalue weighted by Gasteiger charge is 2.39. The summed E-state index contributed by atoms with van der Waals surface area (Å²) in [6.45, 7) is 7.81. The Morgan fingerprint density at radius 1 is 0.810 bits per heavy atom. The van der Waals surface area contributed by atoms with Crippen molar-refractivity contribution in [1.29, 1.82) is 0 Å². The van der Waals surface area contributed by atoms with Crippen LogP contribution in [0.25, 0.3) is 11.1 Å². The SMILES string of the molecule is CC(C)(O)C(C)(C)NC1c2ccccc2-c2ccccc21. The summed E-state index contributed by atoms with van der Waals surface area (Å²) in [4.78, 5) is 0. The summed E-state index contributed by atoms with van der Waals surface area (Å²) in [6.07, 6.45) is 0. The van der Waals surface area contributed by atoms with E-state index in [4.69, 9.17) is 0 Å². The van der Waals surface area contributed by atoms with Gasteiger partial charge in [-0.3, -0.25) is 5.32 Å². The minimum atomic E-state index is -0.806. The van der Waals surface area contributed by atoms with Crippen molar-refractivity contribution in [3.63, 3.8) is 0 Å². The zero-order chi connectivity index (χ0) is 15.3. The standard InChI is InChI=1S/C19H23NO/c1-18(2,19(3,4)21)20-17-15-11-7-5-9-13(15)14-10-6-8-12-16(14)17/h5-12,17,20-21H,1-4H3. The van der Waals surface area contributed by atoms with Gasteiger partial charge in [-0.1, -0.05) is 48.5 Å². The molecule has 0 spiro atoms. The van der Waals surface area contributed by atoms with Crippen LogP contribution in [-0.4, -0.2) is 16.2 Å². The molecular weight excluding hydrogens is 258 g/mol. The summed E-state index contributed by atoms with van der Waals surface area (Å²) >= 11 is 0. The van der Waals surface area contributed by atoms with Gasteiger partial charge in [-0.15, -0.1) is 0 Å². The summed E-state index contributed by atoms with van der Waals surface area (Å²) in [5.41, 5.74) is 3.95. The molecule has 0 fully saturated rings. The van der Waals surface area contributed by atoms with Crippen molar-refractivity contribution in [2.45, 2.75) is 44.9 Å². The van der Waals surface area contributed by atoms with E-state index in [1.165, 1.54) is 22.3 Å². The second-order valence-electron chi connectivity index (χ2n) is 6.94. The van der Waals surface area contributed by atoms with Crippen LogP contribution < -0.4 is 5.32 Å². The number of fused-ring (bicyclic) bond motifs is 3. The smallest absolute Gasteiger partial charge is 0.0767 e. The first-order valence-corrected chi connectivity index (χ1v) is 7.49. The fourth-order valence-electron chi connectivity index (χ4n) is 2.85. The minimum Gasteiger partial charge on any atom is -0.389 e. The van der Waals surface area contributed by atoms with Crippen molar-refractivity contribution in [1.82, 2.24) is 5.32 Å². The molecule has 1 aliphatic rings. The average Bonchev–Trinajstić information content (AvgIpc) is 2.73. The van der Waals surface area contributed by atoms with E-state index in [0.29, 0.717) is 0 Å². The Kier molecular flexibility index (Phi) is 3.19. The zero-order valence-corrected chi connectivity index (χ0v) is 13.1. The predicted molar refractivity (Wildman–Crippen MR) is 87.2 cm³/mol. The molecule has 0 atom stereocenters. The third-order valence-electron chi connectivity index (χ3n) is 4.87. The highest BCUT2D eigenvalue weighted by Crippen LogP contribution is 2.44. The Labute approximate surface area is 126 Å². The largest absolute Gasteiger partial charge is 0.389 e. The van der Waals surface area contributed by atoms with Crippen LogP contribution in [0.2, 0.25) is 0 Å². The van der Waals surface area contributed by atoms with Gasteiger partial charge in [0, 0.05) is 5.54 Å². The first-order chi connectivity index (χ1) is 9.81. The number of nitrogens with one attached hydrogen (secondary N) is 1. The highest BCUT2D eigenvalue weighted by molar-refractivity contribution is 5.78. The van der Waals surface area contributed by atoms with Gasteiger partial charge in [-0.25, -0.2) is 0 Å². The van der Waals surface area contributed by atoms with Crippen molar-refractivity contribution in [3.05, 3.63) is 59.7 Å². The van der Waals surface area contributed by atoms with E-state index < -0.39 is 11.1 Å². The maximum Gasteiger partial charge on any atom is 0.0767 e. The predicted octanol–water partition coefficient (Wildman–Crippen LogP) is 3.90. The van der Waals surface area contributed by atoms with E-state index in [-0.39, 0.29) is 6.04 Å². The molecule has 0 aliphatic heterocycles. The van der Waals surface area contributed by atoms with Crippen molar-refractivity contribution in [2.75, 3.05) is 0 Å². The molecule has 0 saturated heterocycles. The second-order valence-corrected chi connectivity index (χ2v) is 6.94. The molecule has 1 aliphatic carbocycles. The van der Waals surface area contributed by atoms with E-state index in [9.17, 15) is 5.11 Å². The summed E-state index contributed by atoms with van der Waals surface area (Å²) in [7, 11) is 0. The number of aliphatic hydroxyl groups is 1. The maximum absolute atomic E-state index is 10.4. The molecule has 0 radical (unpaired) electrons. The highest BCUT2D eigenvalue weighted by atomic mass is 16.3. The second kappa shape index (κ2) is 4.69. The quantitative estimate of drug-likeness (QED) is 0.894. The Morgan fingerprint density at radius 3 is 1.67 bits per heavy atom. The third kappa shape index (κ3) is 2.29. The molecule has 2 heteroatoms. The zero-order valence-electron chi connectivity index (χ0n) is 13.1. The summed E-state index contributed by atoms with van der Waals surface area (Å²) < 4.78 is 0. The molecule has 0 unspecified atom stereocenters. The molecule has 2 nitrogen and oxygen atoms in total. The molecule has 2 N–H and O–H groups in total. The molecule has 21 heavy (non-hydrogen) atoms. The van der Waals surface area contributed by atoms with Gasteiger partial charge in [0.15, 0.2) is 0 Å². The van der Waals surface area contributed by atoms with Gasteiger partial charge in [0.25, 0.3) is 0 Å². The molecule has 0 heterocycles. The summed E-state index contributed by atoms with van der Waals surface area (Å²) in [5.74, 6) is 0. The Hall–Kier alpha value is -1.64. The van der Waals surface area contributed by atoms with Gasteiger partial charge in [0.05, 0.1) is 11.6 Å². The first-order valence-electron chi connectivity index (χ1n) is 7.49. The molecule has 110 valence electrons. The molecule has 0 amide bonds. The van der Waals surface area contributed by atoms with Gasteiger partial charge < -0.3 is 5.11 Å². The number of hydrogen-bond donors (Lipinski definition) is 2. The molecule has 0 bridgehead atoms. The molecule has 2 aromatic rings. The van der Waals surface area contributed by atoms with Crippen molar-refractivity contribution in [3.8, 4) is 11.1 Å². The average molecular weight is 281 g/mol. The van der Waals surface area contributed by atoms with Crippen LogP contribution in [0, 0.1) is 0 Å². The number of rotatable bonds is 3. The van der Waals surface area contributed by atoms with Gasteiger partial charge >= 0.3 is 0 Å². The molecule has 3 rings (SSSR count). The first kappa shape index (κ1) is 14.3. The van der Waals surface area contributed by atoms with Crippen LogP contribution in [0.1, 0.15) is 44.9 Å². The van der Waals surface area contributed by atoms with Crippen molar-refractivity contribution < 1.29 is 5.11 Å². The van der Waals surface area contributed by atoms with Crippen LogP contribution in [0.5, 0.6) is 0 Å². The van der Waals surface area contributed by atoms with Gasteiger partial charge in [0.2, 0.25) is 0 Å². The lowest BCUT2D eigenvalue weighted by Gasteiger charge is -2.40. The van der Waals surface area contributed by atoms with Gasteiger partial charge in [0.1, 0.15) is 0 Å². The Balaban J connectivity index is 2.08. The van der Waals surface area contributed by atoms with E-state index in [2.05, 4.69) is 67.7 Å². The van der Waals surface area contributed by atoms with E-state index in [0.717, 1.165) is 0 Å². The fourth-order valence-corrected chi connectivity index (χ4v) is 2.85. The minimum absolute atomic E-state index is 0.124. The summed E-state index contributed by atoms with van der Waals surface area (Å²) in [6, 6.07) is 17.1. The molecule has 2 aromatic carbocycles. The lowest BCUT2D eigenvalue weighted by Crippen LogP contribution is -2.56. The fraction of sp³-hybridized carbons (Fsp3) is 0.368. The topological polar surface area (TPSA) is 32.3 Å².